The molecular weight excluding hydrogens is 172 g/mol. The maximum absolute atomic E-state index is 9.35. The minimum Gasteiger partial charge on any atom is -0.396 e. The van der Waals surface area contributed by atoms with Crippen LogP contribution in [-0.4, -0.2) is 11.7 Å². The van der Waals surface area contributed by atoms with Crippen LogP contribution in [0.5, 0.6) is 0 Å². The van der Waals surface area contributed by atoms with Crippen LogP contribution in [0.3, 0.4) is 0 Å². The Balaban J connectivity index is 2.47. The third-order valence-corrected chi connectivity index (χ3v) is 3.53. The van der Waals surface area contributed by atoms with Gasteiger partial charge in [0.2, 0.25) is 0 Å². The molecular formula is C13H24O. The first-order valence-corrected chi connectivity index (χ1v) is 6.07. The number of rotatable bonds is 4. The van der Waals surface area contributed by atoms with Gasteiger partial charge in [0.25, 0.3) is 0 Å². The molecule has 0 radical (unpaired) electrons. The first-order valence-electron chi connectivity index (χ1n) is 6.07. The van der Waals surface area contributed by atoms with Crippen molar-refractivity contribution < 1.29 is 5.11 Å². The zero-order valence-corrected chi connectivity index (χ0v) is 9.58. The minimum atomic E-state index is 0.363. The largest absolute Gasteiger partial charge is 0.396 e. The van der Waals surface area contributed by atoms with E-state index in [4.69, 9.17) is 0 Å². The van der Waals surface area contributed by atoms with Gasteiger partial charge in [0.1, 0.15) is 0 Å². The number of unbranched alkanes of at least 4 members (excludes halogenated alkanes) is 1. The highest BCUT2D eigenvalue weighted by Crippen LogP contribution is 2.35. The number of aliphatic hydroxyl groups excluding tert-OH is 1. The Morgan fingerprint density at radius 2 is 2.14 bits per heavy atom. The van der Waals surface area contributed by atoms with Crippen molar-refractivity contribution >= 4 is 0 Å². The third-order valence-electron chi connectivity index (χ3n) is 3.53. The Hall–Kier alpha value is -0.300. The predicted octanol–water partition coefficient (Wildman–Crippen LogP) is 3.39. The molecule has 0 aromatic carbocycles. The SMILES string of the molecule is CCC/C=C\C1CCC[C@@H](C)C1CO. The second-order valence-corrected chi connectivity index (χ2v) is 4.64. The van der Waals surface area contributed by atoms with E-state index in [2.05, 4.69) is 26.0 Å². The predicted molar refractivity (Wildman–Crippen MR) is 61.1 cm³/mol. The Morgan fingerprint density at radius 3 is 2.79 bits per heavy atom. The zero-order valence-electron chi connectivity index (χ0n) is 9.58. The van der Waals surface area contributed by atoms with Gasteiger partial charge in [-0.3, -0.25) is 0 Å². The molecule has 82 valence electrons. The van der Waals surface area contributed by atoms with Crippen molar-refractivity contribution in [1.82, 2.24) is 0 Å². The van der Waals surface area contributed by atoms with Crippen molar-refractivity contribution in [3.63, 3.8) is 0 Å². The highest BCUT2D eigenvalue weighted by molar-refractivity contribution is 4.94. The highest BCUT2D eigenvalue weighted by Gasteiger charge is 2.27. The van der Waals surface area contributed by atoms with E-state index in [0.29, 0.717) is 24.4 Å². The molecule has 0 amide bonds. The molecule has 1 N–H and O–H groups in total. The maximum atomic E-state index is 9.35. The lowest BCUT2D eigenvalue weighted by atomic mass is 9.73. The lowest BCUT2D eigenvalue weighted by Gasteiger charge is -2.33. The first-order chi connectivity index (χ1) is 6.79. The van der Waals surface area contributed by atoms with Gasteiger partial charge < -0.3 is 5.11 Å². The Kier molecular flexibility index (Phi) is 5.24. The van der Waals surface area contributed by atoms with Gasteiger partial charge >= 0.3 is 0 Å². The van der Waals surface area contributed by atoms with Crippen LogP contribution in [-0.2, 0) is 0 Å². The summed E-state index contributed by atoms with van der Waals surface area (Å²) in [7, 11) is 0. The lowest BCUT2D eigenvalue weighted by molar-refractivity contribution is 0.111. The molecule has 0 aromatic rings. The van der Waals surface area contributed by atoms with Gasteiger partial charge in [-0.25, -0.2) is 0 Å². The van der Waals surface area contributed by atoms with Crippen molar-refractivity contribution in [2.24, 2.45) is 17.8 Å². The fourth-order valence-electron chi connectivity index (χ4n) is 2.52. The van der Waals surface area contributed by atoms with Crippen molar-refractivity contribution in [1.29, 1.82) is 0 Å². The quantitative estimate of drug-likeness (QED) is 0.683. The summed E-state index contributed by atoms with van der Waals surface area (Å²) in [6.45, 7) is 4.85. The summed E-state index contributed by atoms with van der Waals surface area (Å²) in [5.41, 5.74) is 0. The van der Waals surface area contributed by atoms with Gasteiger partial charge in [0.15, 0.2) is 0 Å². The smallest absolute Gasteiger partial charge is 0.0467 e. The van der Waals surface area contributed by atoms with Crippen LogP contribution in [0.15, 0.2) is 12.2 Å². The second kappa shape index (κ2) is 6.23. The Morgan fingerprint density at radius 1 is 1.36 bits per heavy atom. The summed E-state index contributed by atoms with van der Waals surface area (Å²) in [5.74, 6) is 1.84. The summed E-state index contributed by atoms with van der Waals surface area (Å²) in [5, 5.41) is 9.35. The molecule has 0 saturated heterocycles. The van der Waals surface area contributed by atoms with Crippen molar-refractivity contribution in [2.75, 3.05) is 6.61 Å². The summed E-state index contributed by atoms with van der Waals surface area (Å²) < 4.78 is 0. The summed E-state index contributed by atoms with van der Waals surface area (Å²) in [4.78, 5) is 0. The molecule has 1 rings (SSSR count). The van der Waals surface area contributed by atoms with Gasteiger partial charge in [-0.15, -0.1) is 0 Å². The summed E-state index contributed by atoms with van der Waals surface area (Å²) >= 11 is 0. The lowest BCUT2D eigenvalue weighted by Crippen LogP contribution is -2.28. The zero-order chi connectivity index (χ0) is 10.4. The van der Waals surface area contributed by atoms with E-state index in [0.717, 1.165) is 0 Å². The molecule has 0 heterocycles. The van der Waals surface area contributed by atoms with E-state index in [1.54, 1.807) is 0 Å². The number of hydrogen-bond acceptors (Lipinski definition) is 1. The van der Waals surface area contributed by atoms with E-state index < -0.39 is 0 Å². The molecule has 1 fully saturated rings. The standard InChI is InChI=1S/C13H24O/c1-3-4-5-8-12-9-6-7-11(2)13(12)10-14/h5,8,11-14H,3-4,6-7,9-10H2,1-2H3/b8-5-/t11-,12?,13?/m1/s1. The van der Waals surface area contributed by atoms with Crippen LogP contribution in [0, 0.1) is 17.8 Å². The van der Waals surface area contributed by atoms with Crippen LogP contribution in [0.1, 0.15) is 46.0 Å². The summed E-state index contributed by atoms with van der Waals surface area (Å²) in [6, 6.07) is 0. The van der Waals surface area contributed by atoms with Crippen LogP contribution in [0.4, 0.5) is 0 Å². The average Bonchev–Trinajstić information content (AvgIpc) is 2.18. The van der Waals surface area contributed by atoms with Crippen molar-refractivity contribution in [2.45, 2.75) is 46.0 Å². The normalized spacial score (nSPS) is 33.8. The van der Waals surface area contributed by atoms with E-state index >= 15 is 0 Å². The van der Waals surface area contributed by atoms with E-state index in [1.807, 2.05) is 0 Å². The molecule has 1 aliphatic carbocycles. The van der Waals surface area contributed by atoms with Gasteiger partial charge in [-0.2, -0.15) is 0 Å². The molecule has 0 spiro atoms. The van der Waals surface area contributed by atoms with Crippen molar-refractivity contribution in [3.8, 4) is 0 Å². The van der Waals surface area contributed by atoms with Crippen LogP contribution in [0.25, 0.3) is 0 Å². The van der Waals surface area contributed by atoms with E-state index in [-0.39, 0.29) is 0 Å². The Labute approximate surface area is 88.2 Å². The molecule has 0 aromatic heterocycles. The molecule has 3 atom stereocenters. The fourth-order valence-corrected chi connectivity index (χ4v) is 2.52. The monoisotopic (exact) mass is 196 g/mol. The molecule has 1 saturated carbocycles. The Bertz CT molecular complexity index is 174. The van der Waals surface area contributed by atoms with E-state index in [1.165, 1.54) is 32.1 Å². The topological polar surface area (TPSA) is 20.2 Å². The second-order valence-electron chi connectivity index (χ2n) is 4.64. The maximum Gasteiger partial charge on any atom is 0.0467 e. The molecule has 1 aliphatic rings. The van der Waals surface area contributed by atoms with Gasteiger partial charge in [0, 0.05) is 6.61 Å². The van der Waals surface area contributed by atoms with E-state index in [9.17, 15) is 5.11 Å². The van der Waals surface area contributed by atoms with Crippen LogP contribution < -0.4 is 0 Å². The highest BCUT2D eigenvalue weighted by atomic mass is 16.3. The van der Waals surface area contributed by atoms with Gasteiger partial charge in [-0.05, 0) is 30.6 Å². The van der Waals surface area contributed by atoms with Gasteiger partial charge in [-0.1, -0.05) is 45.3 Å². The molecule has 0 bridgehead atoms. The molecule has 0 aliphatic heterocycles. The first kappa shape index (κ1) is 11.8. The number of aliphatic hydroxyl groups is 1. The van der Waals surface area contributed by atoms with Gasteiger partial charge in [0.05, 0.1) is 0 Å². The molecule has 1 heteroatoms. The molecule has 2 unspecified atom stereocenters. The number of hydrogen-bond donors (Lipinski definition) is 1. The average molecular weight is 196 g/mol. The third kappa shape index (κ3) is 3.13. The van der Waals surface area contributed by atoms with Crippen LogP contribution in [0.2, 0.25) is 0 Å². The van der Waals surface area contributed by atoms with Crippen molar-refractivity contribution in [3.05, 3.63) is 12.2 Å². The van der Waals surface area contributed by atoms with Crippen LogP contribution >= 0.6 is 0 Å². The number of allylic oxidation sites excluding steroid dienone is 2. The fraction of sp³-hybridized carbons (Fsp3) is 0.846. The minimum absolute atomic E-state index is 0.363. The molecule has 1 nitrogen and oxygen atoms in total. The summed E-state index contributed by atoms with van der Waals surface area (Å²) in [6.07, 6.45) is 11.0. The molecule has 14 heavy (non-hydrogen) atoms.